The van der Waals surface area contributed by atoms with Gasteiger partial charge in [0.2, 0.25) is 4.34 Å². The Morgan fingerprint density at radius 2 is 1.88 bits per heavy atom. The van der Waals surface area contributed by atoms with Gasteiger partial charge < -0.3 is 4.74 Å². The first kappa shape index (κ1) is 17.8. The minimum Gasteiger partial charge on any atom is -0.497 e. The summed E-state index contributed by atoms with van der Waals surface area (Å²) in [4.78, 5) is 4.33. The Morgan fingerprint density at radius 1 is 1.16 bits per heavy atom. The van der Waals surface area contributed by atoms with Crippen molar-refractivity contribution < 1.29 is 13.2 Å². The van der Waals surface area contributed by atoms with E-state index in [0.717, 1.165) is 15.8 Å². The molecule has 3 rings (SSSR count). The Kier molecular flexibility index (Phi) is 5.08. The first-order valence-corrected chi connectivity index (χ1v) is 10.2. The predicted molar refractivity (Wildman–Crippen MR) is 101 cm³/mol. The maximum atomic E-state index is 13.0. The van der Waals surface area contributed by atoms with Crippen molar-refractivity contribution in [3.05, 3.63) is 53.6 Å². The zero-order chi connectivity index (χ0) is 18.0. The van der Waals surface area contributed by atoms with E-state index < -0.39 is 10.0 Å². The lowest BCUT2D eigenvalue weighted by atomic mass is 10.1. The first-order chi connectivity index (χ1) is 11.9. The molecule has 0 unspecified atom stereocenters. The standard InChI is InChI=1S/C18H20N2O3S2/c1-4-20(12-14-7-5-13(2)6-8-14)25(21,22)18-19-16-11-15(23-3)9-10-17(16)24-18/h5-11H,4,12H2,1-3H3. The molecule has 132 valence electrons. The molecular formula is C18H20N2O3S2. The fourth-order valence-electron chi connectivity index (χ4n) is 2.50. The molecule has 0 saturated carbocycles. The van der Waals surface area contributed by atoms with Crippen LogP contribution in [0.15, 0.2) is 46.8 Å². The second-order valence-corrected chi connectivity index (χ2v) is 8.87. The average Bonchev–Trinajstić information content (AvgIpc) is 3.05. The van der Waals surface area contributed by atoms with Crippen LogP contribution >= 0.6 is 11.3 Å². The van der Waals surface area contributed by atoms with Crippen LogP contribution in [0.2, 0.25) is 0 Å². The average molecular weight is 377 g/mol. The Morgan fingerprint density at radius 3 is 2.52 bits per heavy atom. The molecule has 0 aliphatic rings. The fraction of sp³-hybridized carbons (Fsp3) is 0.278. The Hall–Kier alpha value is -1.96. The van der Waals surface area contributed by atoms with Gasteiger partial charge in [0.25, 0.3) is 10.0 Å². The number of hydrogen-bond acceptors (Lipinski definition) is 5. The summed E-state index contributed by atoms with van der Waals surface area (Å²) in [6.45, 7) is 4.56. The van der Waals surface area contributed by atoms with Crippen LogP contribution in [0.3, 0.4) is 0 Å². The van der Waals surface area contributed by atoms with E-state index in [-0.39, 0.29) is 4.34 Å². The van der Waals surface area contributed by atoms with Gasteiger partial charge in [-0.1, -0.05) is 36.8 Å². The van der Waals surface area contributed by atoms with Crippen molar-refractivity contribution >= 4 is 31.6 Å². The van der Waals surface area contributed by atoms with E-state index in [1.165, 1.54) is 15.6 Å². The second-order valence-electron chi connectivity index (χ2n) is 5.73. The third-order valence-electron chi connectivity index (χ3n) is 3.97. The first-order valence-electron chi connectivity index (χ1n) is 7.94. The minimum atomic E-state index is -3.64. The number of thiazole rings is 1. The minimum absolute atomic E-state index is 0.115. The molecule has 0 saturated heterocycles. The van der Waals surface area contributed by atoms with Crippen molar-refractivity contribution in [2.45, 2.75) is 24.7 Å². The van der Waals surface area contributed by atoms with Crippen LogP contribution in [0.4, 0.5) is 0 Å². The number of methoxy groups -OCH3 is 1. The summed E-state index contributed by atoms with van der Waals surface area (Å²) in [5.41, 5.74) is 2.74. The van der Waals surface area contributed by atoms with Crippen LogP contribution in [-0.2, 0) is 16.6 Å². The fourth-order valence-corrected chi connectivity index (χ4v) is 5.28. The van der Waals surface area contributed by atoms with Crippen LogP contribution in [0.5, 0.6) is 5.75 Å². The lowest BCUT2D eigenvalue weighted by Gasteiger charge is -2.19. The highest BCUT2D eigenvalue weighted by Gasteiger charge is 2.27. The Labute approximate surface area is 151 Å². The van der Waals surface area contributed by atoms with Gasteiger partial charge in [-0.2, -0.15) is 4.31 Å². The van der Waals surface area contributed by atoms with Crippen molar-refractivity contribution in [2.24, 2.45) is 0 Å². The summed E-state index contributed by atoms with van der Waals surface area (Å²) in [7, 11) is -2.07. The summed E-state index contributed by atoms with van der Waals surface area (Å²) in [5.74, 6) is 0.661. The molecule has 0 spiro atoms. The molecule has 3 aromatic rings. The molecule has 0 N–H and O–H groups in total. The number of aromatic nitrogens is 1. The molecule has 1 heterocycles. The summed E-state index contributed by atoms with van der Waals surface area (Å²) in [6.07, 6.45) is 0. The maximum absolute atomic E-state index is 13.0. The summed E-state index contributed by atoms with van der Waals surface area (Å²) in [5, 5.41) is 0. The Balaban J connectivity index is 1.94. The summed E-state index contributed by atoms with van der Waals surface area (Å²) in [6, 6.07) is 13.3. The number of aryl methyl sites for hydroxylation is 1. The number of ether oxygens (including phenoxy) is 1. The molecule has 0 bridgehead atoms. The van der Waals surface area contributed by atoms with Crippen LogP contribution in [0.1, 0.15) is 18.1 Å². The largest absolute Gasteiger partial charge is 0.497 e. The van der Waals surface area contributed by atoms with Gasteiger partial charge in [-0.25, -0.2) is 13.4 Å². The summed E-state index contributed by atoms with van der Waals surface area (Å²) < 4.78 is 33.6. The lowest BCUT2D eigenvalue weighted by Crippen LogP contribution is -2.30. The molecule has 0 fully saturated rings. The van der Waals surface area contributed by atoms with E-state index in [0.29, 0.717) is 24.4 Å². The molecule has 5 nitrogen and oxygen atoms in total. The van der Waals surface area contributed by atoms with E-state index in [2.05, 4.69) is 4.98 Å². The molecule has 7 heteroatoms. The molecule has 2 aromatic carbocycles. The van der Waals surface area contributed by atoms with E-state index >= 15 is 0 Å². The van der Waals surface area contributed by atoms with Crippen molar-refractivity contribution in [1.82, 2.24) is 9.29 Å². The topological polar surface area (TPSA) is 59.5 Å². The van der Waals surface area contributed by atoms with Gasteiger partial charge in [-0.3, -0.25) is 0 Å². The number of hydrogen-bond donors (Lipinski definition) is 0. The van der Waals surface area contributed by atoms with E-state index in [9.17, 15) is 8.42 Å². The SMILES string of the molecule is CCN(Cc1ccc(C)cc1)S(=O)(=O)c1nc2cc(OC)ccc2s1. The quantitative estimate of drug-likeness (QED) is 0.656. The smallest absolute Gasteiger partial charge is 0.270 e. The van der Waals surface area contributed by atoms with Crippen LogP contribution in [0.25, 0.3) is 10.2 Å². The lowest BCUT2D eigenvalue weighted by molar-refractivity contribution is 0.415. The van der Waals surface area contributed by atoms with E-state index in [4.69, 9.17) is 4.74 Å². The number of fused-ring (bicyclic) bond motifs is 1. The zero-order valence-electron chi connectivity index (χ0n) is 14.4. The molecule has 0 aliphatic heterocycles. The van der Waals surface area contributed by atoms with Gasteiger partial charge in [-0.15, -0.1) is 11.3 Å². The molecule has 0 amide bonds. The van der Waals surface area contributed by atoms with Gasteiger partial charge in [0.1, 0.15) is 5.75 Å². The molecule has 1 aromatic heterocycles. The van der Waals surface area contributed by atoms with E-state index in [1.807, 2.05) is 44.2 Å². The number of nitrogens with zero attached hydrogens (tertiary/aromatic N) is 2. The Bertz CT molecular complexity index is 979. The molecule has 25 heavy (non-hydrogen) atoms. The summed E-state index contributed by atoms with van der Waals surface area (Å²) >= 11 is 1.18. The van der Waals surface area contributed by atoms with Crippen LogP contribution < -0.4 is 4.74 Å². The van der Waals surface area contributed by atoms with E-state index in [1.54, 1.807) is 19.2 Å². The number of rotatable bonds is 6. The van der Waals surface area contributed by atoms with Gasteiger partial charge in [0.15, 0.2) is 0 Å². The second kappa shape index (κ2) is 7.11. The van der Waals surface area contributed by atoms with Crippen molar-refractivity contribution in [1.29, 1.82) is 0 Å². The van der Waals surface area contributed by atoms with Gasteiger partial charge >= 0.3 is 0 Å². The third-order valence-corrected chi connectivity index (χ3v) is 7.28. The molecule has 0 atom stereocenters. The van der Waals surface area contributed by atoms with Gasteiger partial charge in [-0.05, 0) is 24.6 Å². The predicted octanol–water partition coefficient (Wildman–Crippen LogP) is 3.82. The molecular weight excluding hydrogens is 356 g/mol. The highest BCUT2D eigenvalue weighted by Crippen LogP contribution is 2.30. The molecule has 0 radical (unpaired) electrons. The number of benzene rings is 2. The van der Waals surface area contributed by atoms with Crippen LogP contribution in [-0.4, -0.2) is 31.4 Å². The zero-order valence-corrected chi connectivity index (χ0v) is 16.0. The van der Waals surface area contributed by atoms with Crippen molar-refractivity contribution in [3.8, 4) is 5.75 Å². The monoisotopic (exact) mass is 376 g/mol. The highest BCUT2D eigenvalue weighted by atomic mass is 32.2. The molecule has 0 aliphatic carbocycles. The maximum Gasteiger partial charge on any atom is 0.270 e. The van der Waals surface area contributed by atoms with Crippen molar-refractivity contribution in [2.75, 3.05) is 13.7 Å². The van der Waals surface area contributed by atoms with Gasteiger partial charge in [0.05, 0.1) is 17.3 Å². The number of sulfonamides is 1. The normalized spacial score (nSPS) is 12.0. The van der Waals surface area contributed by atoms with Crippen molar-refractivity contribution in [3.63, 3.8) is 0 Å². The third kappa shape index (κ3) is 3.68. The van der Waals surface area contributed by atoms with Gasteiger partial charge in [0, 0.05) is 19.2 Å². The highest BCUT2D eigenvalue weighted by molar-refractivity contribution is 7.91. The van der Waals surface area contributed by atoms with Crippen LogP contribution in [0, 0.1) is 6.92 Å².